The van der Waals surface area contributed by atoms with Gasteiger partial charge in [0.1, 0.15) is 18.7 Å². The van der Waals surface area contributed by atoms with E-state index < -0.39 is 30.4 Å². The van der Waals surface area contributed by atoms with Crippen molar-refractivity contribution in [1.82, 2.24) is 21.5 Å². The molecule has 0 aliphatic carbocycles. The van der Waals surface area contributed by atoms with Crippen LogP contribution in [0.1, 0.15) is 22.8 Å². The number of benzene rings is 2. The monoisotopic (exact) mass is 536 g/mol. The lowest BCUT2D eigenvalue weighted by Crippen LogP contribution is -2.47. The second-order valence-electron chi connectivity index (χ2n) is 7.12. The van der Waals surface area contributed by atoms with Crippen molar-refractivity contribution in [2.24, 2.45) is 21.7 Å². The minimum atomic E-state index is -1.02. The van der Waals surface area contributed by atoms with Crippen molar-refractivity contribution in [2.45, 2.75) is 19.4 Å². The molecular weight excluding hydrogens is 511 g/mol. The lowest BCUT2D eigenvalue weighted by molar-refractivity contribution is -0.147. The molecule has 12 nitrogen and oxygen atoms in total. The number of esters is 1. The van der Waals surface area contributed by atoms with Gasteiger partial charge in [-0.1, -0.05) is 23.2 Å². The Morgan fingerprint density at radius 1 is 0.972 bits per heavy atom. The number of ether oxygens (including phenoxy) is 1. The van der Waals surface area contributed by atoms with Crippen LogP contribution < -0.4 is 33.2 Å². The molecule has 2 aromatic carbocycles. The lowest BCUT2D eigenvalue weighted by Gasteiger charge is -2.18. The van der Waals surface area contributed by atoms with Crippen LogP contribution in [0.15, 0.2) is 46.4 Å². The summed E-state index contributed by atoms with van der Waals surface area (Å²) in [6, 6.07) is 8.32. The Kier molecular flexibility index (Phi) is 11.6. The first-order valence-electron chi connectivity index (χ1n) is 10.6. The van der Waals surface area contributed by atoms with Crippen LogP contribution in [0.25, 0.3) is 0 Å². The number of aliphatic imine (C=N–C) groups is 2. The number of amides is 2. The molecule has 1 unspecified atom stereocenters. The van der Waals surface area contributed by atoms with Gasteiger partial charge in [-0.05, 0) is 48.9 Å². The molecule has 0 bridgehead atoms. The SMILES string of the molecule is CCOC(=O)C(Cc1cc(Cl)cc(Cl)c1)NC(=O)CNC(=O)c1cc(N=CNN)cc(N=CNN)c1. The minimum absolute atomic E-state index is 0.0879. The van der Waals surface area contributed by atoms with Crippen LogP contribution in [0.2, 0.25) is 10.0 Å². The van der Waals surface area contributed by atoms with Crippen LogP contribution in [-0.4, -0.2) is 49.7 Å². The zero-order chi connectivity index (χ0) is 26.5. The molecule has 192 valence electrons. The molecule has 0 fully saturated rings. The highest BCUT2D eigenvalue weighted by Gasteiger charge is 2.23. The average Bonchev–Trinajstić information content (AvgIpc) is 2.83. The summed E-state index contributed by atoms with van der Waals surface area (Å²) in [6.07, 6.45) is 2.54. The zero-order valence-corrected chi connectivity index (χ0v) is 20.8. The first-order chi connectivity index (χ1) is 17.2. The third-order valence-electron chi connectivity index (χ3n) is 4.42. The molecule has 0 aliphatic rings. The highest BCUT2D eigenvalue weighted by molar-refractivity contribution is 6.34. The second kappa shape index (κ2) is 14.6. The Labute approximate surface area is 217 Å². The fourth-order valence-electron chi connectivity index (χ4n) is 3.01. The van der Waals surface area contributed by atoms with Gasteiger partial charge >= 0.3 is 5.97 Å². The van der Waals surface area contributed by atoms with Gasteiger partial charge in [-0.2, -0.15) is 0 Å². The van der Waals surface area contributed by atoms with Crippen molar-refractivity contribution in [3.05, 3.63) is 57.6 Å². The maximum atomic E-state index is 12.7. The summed E-state index contributed by atoms with van der Waals surface area (Å²) < 4.78 is 5.06. The van der Waals surface area contributed by atoms with Crippen LogP contribution >= 0.6 is 23.2 Å². The minimum Gasteiger partial charge on any atom is -0.464 e. The van der Waals surface area contributed by atoms with Gasteiger partial charge in [-0.25, -0.2) is 26.5 Å². The molecule has 0 heterocycles. The van der Waals surface area contributed by atoms with Crippen molar-refractivity contribution in [2.75, 3.05) is 13.2 Å². The lowest BCUT2D eigenvalue weighted by atomic mass is 10.1. The molecule has 0 aromatic heterocycles. The number of hydrogen-bond donors (Lipinski definition) is 6. The van der Waals surface area contributed by atoms with Crippen LogP contribution in [-0.2, 0) is 20.7 Å². The molecule has 0 radical (unpaired) electrons. The summed E-state index contributed by atoms with van der Waals surface area (Å²) in [7, 11) is 0. The number of nitrogens with zero attached hydrogens (tertiary/aromatic N) is 2. The maximum absolute atomic E-state index is 12.7. The van der Waals surface area contributed by atoms with E-state index in [1.165, 1.54) is 24.8 Å². The Balaban J connectivity index is 2.10. The number of rotatable bonds is 12. The number of nitrogens with two attached hydrogens (primary N) is 2. The van der Waals surface area contributed by atoms with Crippen LogP contribution in [0.4, 0.5) is 11.4 Å². The Morgan fingerprint density at radius 3 is 2.08 bits per heavy atom. The highest BCUT2D eigenvalue weighted by atomic mass is 35.5. The standard InChI is InChI=1S/C22H26Cl2N8O4/c1-2-36-22(35)19(5-13-3-15(23)8-16(24)4-13)32-20(33)10-27-21(34)14-6-17(28-11-30-25)9-18(7-14)29-12-31-26/h3-4,6-9,11-12,19H,2,5,10,25-26H2,1H3,(H,27,34)(H,28,30)(H,29,31)(H,32,33). The number of hydrogen-bond acceptors (Lipinski definition) is 8. The molecule has 14 heteroatoms. The van der Waals surface area contributed by atoms with Crippen LogP contribution in [0.3, 0.4) is 0 Å². The third kappa shape index (κ3) is 9.50. The molecule has 36 heavy (non-hydrogen) atoms. The highest BCUT2D eigenvalue weighted by Crippen LogP contribution is 2.23. The predicted octanol–water partition coefficient (Wildman–Crippen LogP) is 1.26. The van der Waals surface area contributed by atoms with Crippen molar-refractivity contribution in [3.8, 4) is 0 Å². The van der Waals surface area contributed by atoms with Gasteiger partial charge in [0.25, 0.3) is 5.91 Å². The van der Waals surface area contributed by atoms with E-state index in [-0.39, 0.29) is 18.6 Å². The fourth-order valence-corrected chi connectivity index (χ4v) is 3.58. The van der Waals surface area contributed by atoms with E-state index in [1.54, 1.807) is 31.2 Å². The topological polar surface area (TPSA) is 185 Å². The smallest absolute Gasteiger partial charge is 0.328 e. The van der Waals surface area contributed by atoms with E-state index in [1.807, 2.05) is 0 Å². The Bertz CT molecular complexity index is 1090. The molecule has 2 aromatic rings. The summed E-state index contributed by atoms with van der Waals surface area (Å²) in [5.41, 5.74) is 6.06. The van der Waals surface area contributed by atoms with E-state index in [9.17, 15) is 14.4 Å². The van der Waals surface area contributed by atoms with E-state index in [0.29, 0.717) is 27.0 Å². The molecule has 2 rings (SSSR count). The second-order valence-corrected chi connectivity index (χ2v) is 8.00. The van der Waals surface area contributed by atoms with Gasteiger partial charge in [-0.15, -0.1) is 0 Å². The van der Waals surface area contributed by atoms with E-state index in [4.69, 9.17) is 39.6 Å². The number of carbonyl (C=O) groups excluding carboxylic acids is 3. The maximum Gasteiger partial charge on any atom is 0.328 e. The Hall–Kier alpha value is -3.71. The molecule has 1 atom stereocenters. The molecule has 0 saturated carbocycles. The van der Waals surface area contributed by atoms with Gasteiger partial charge in [0, 0.05) is 22.0 Å². The summed E-state index contributed by atoms with van der Waals surface area (Å²) in [4.78, 5) is 45.8. The van der Waals surface area contributed by atoms with Crippen molar-refractivity contribution in [3.63, 3.8) is 0 Å². The van der Waals surface area contributed by atoms with Crippen LogP contribution in [0, 0.1) is 0 Å². The first-order valence-corrected chi connectivity index (χ1v) is 11.3. The van der Waals surface area contributed by atoms with Crippen molar-refractivity contribution >= 4 is 65.0 Å². The predicted molar refractivity (Wildman–Crippen MR) is 138 cm³/mol. The van der Waals surface area contributed by atoms with Gasteiger partial charge in [0.2, 0.25) is 5.91 Å². The van der Waals surface area contributed by atoms with E-state index >= 15 is 0 Å². The summed E-state index contributed by atoms with van der Waals surface area (Å²) in [5, 5.41) is 5.84. The molecule has 2 amide bonds. The molecular formula is C22H26Cl2N8O4. The first kappa shape index (κ1) is 28.5. The third-order valence-corrected chi connectivity index (χ3v) is 4.86. The van der Waals surface area contributed by atoms with Gasteiger partial charge in [0.05, 0.1) is 24.5 Å². The Morgan fingerprint density at radius 2 is 1.56 bits per heavy atom. The number of nitrogens with one attached hydrogen (secondary N) is 4. The number of carbonyl (C=O) groups is 3. The van der Waals surface area contributed by atoms with E-state index in [0.717, 1.165) is 0 Å². The average molecular weight is 537 g/mol. The van der Waals surface area contributed by atoms with Crippen molar-refractivity contribution < 1.29 is 19.1 Å². The van der Waals surface area contributed by atoms with Gasteiger partial charge < -0.3 is 26.2 Å². The molecule has 0 spiro atoms. The zero-order valence-electron chi connectivity index (χ0n) is 19.3. The van der Waals surface area contributed by atoms with E-state index in [2.05, 4.69) is 31.5 Å². The van der Waals surface area contributed by atoms with Gasteiger partial charge in [-0.3, -0.25) is 9.59 Å². The molecule has 8 N–H and O–H groups in total. The quantitative estimate of drug-likeness (QED) is 0.0768. The summed E-state index contributed by atoms with van der Waals surface area (Å²) in [6.45, 7) is 1.37. The van der Waals surface area contributed by atoms with Crippen molar-refractivity contribution in [1.29, 1.82) is 0 Å². The fraction of sp³-hybridized carbons (Fsp3) is 0.227. The van der Waals surface area contributed by atoms with Gasteiger partial charge in [0.15, 0.2) is 0 Å². The normalized spacial score (nSPS) is 11.8. The number of hydrazine groups is 2. The summed E-state index contributed by atoms with van der Waals surface area (Å²) >= 11 is 12.1. The molecule has 0 saturated heterocycles. The largest absolute Gasteiger partial charge is 0.464 e. The summed E-state index contributed by atoms with van der Waals surface area (Å²) in [5.74, 6) is 8.56. The number of halogens is 2. The molecule has 0 aliphatic heterocycles. The van der Waals surface area contributed by atoms with Crippen LogP contribution in [0.5, 0.6) is 0 Å².